The summed E-state index contributed by atoms with van der Waals surface area (Å²) in [6.45, 7) is 0. The van der Waals surface area contributed by atoms with Crippen LogP contribution >= 0.6 is 15.9 Å². The molecule has 1 spiro atoms. The smallest absolute Gasteiger partial charge is 0.0848 e. The monoisotopic (exact) mass is 327 g/mol. The maximum Gasteiger partial charge on any atom is 0.0848 e. The minimum Gasteiger partial charge on any atom is -0.353 e. The predicted octanol–water partition coefficient (Wildman–Crippen LogP) is 4.30. The number of aromatic nitrogens is 3. The molecule has 1 fully saturated rings. The third-order valence-electron chi connectivity index (χ3n) is 5.10. The lowest BCUT2D eigenvalue weighted by Crippen LogP contribution is -2.38. The minimum atomic E-state index is 0.339. The molecule has 0 amide bonds. The number of halogens is 1. The van der Waals surface area contributed by atoms with Crippen LogP contribution in [0.2, 0.25) is 0 Å². The van der Waals surface area contributed by atoms with E-state index in [1.165, 1.54) is 52.7 Å². The van der Waals surface area contributed by atoms with Crippen LogP contribution in [0.5, 0.6) is 0 Å². The molecule has 0 atom stereocenters. The first kappa shape index (κ1) is 11.1. The first-order valence-electron chi connectivity index (χ1n) is 7.11. The van der Waals surface area contributed by atoms with Crippen molar-refractivity contribution in [2.24, 2.45) is 0 Å². The summed E-state index contributed by atoms with van der Waals surface area (Å²) in [7, 11) is 0. The van der Waals surface area contributed by atoms with Crippen LogP contribution in [0.1, 0.15) is 30.4 Å². The molecule has 1 saturated carbocycles. The number of H-pyrrole nitrogens is 2. The molecular formula is C16H14BrN3. The van der Waals surface area contributed by atoms with Gasteiger partial charge in [-0.25, -0.2) is 0 Å². The zero-order valence-electron chi connectivity index (χ0n) is 11.0. The number of nitrogens with zero attached hydrogens (tertiary/aromatic N) is 1. The zero-order chi connectivity index (χ0) is 13.3. The van der Waals surface area contributed by atoms with Crippen molar-refractivity contribution in [1.82, 2.24) is 15.2 Å². The van der Waals surface area contributed by atoms with Gasteiger partial charge in [0.1, 0.15) is 0 Å². The normalized spacial score (nSPS) is 18.9. The molecular weight excluding hydrogens is 314 g/mol. The highest BCUT2D eigenvalue weighted by Gasteiger charge is 2.46. The quantitative estimate of drug-likeness (QED) is 0.635. The van der Waals surface area contributed by atoms with E-state index in [9.17, 15) is 0 Å². The molecule has 5 rings (SSSR count). The van der Waals surface area contributed by atoms with E-state index in [2.05, 4.69) is 49.3 Å². The van der Waals surface area contributed by atoms with Crippen molar-refractivity contribution in [2.45, 2.75) is 31.1 Å². The topological polar surface area (TPSA) is 44.5 Å². The van der Waals surface area contributed by atoms with Crippen LogP contribution in [0.4, 0.5) is 0 Å². The van der Waals surface area contributed by atoms with Gasteiger partial charge in [-0.15, -0.1) is 0 Å². The number of rotatable bonds is 0. The lowest BCUT2D eigenvalue weighted by Gasteiger charge is -2.45. The molecule has 2 aliphatic rings. The van der Waals surface area contributed by atoms with Crippen molar-refractivity contribution >= 4 is 26.8 Å². The molecule has 20 heavy (non-hydrogen) atoms. The summed E-state index contributed by atoms with van der Waals surface area (Å²) in [5.41, 5.74) is 6.89. The second kappa shape index (κ2) is 3.55. The number of aromatic amines is 2. The Bertz CT molecular complexity index is 839. The van der Waals surface area contributed by atoms with Crippen LogP contribution in [0.25, 0.3) is 22.3 Å². The van der Waals surface area contributed by atoms with Crippen LogP contribution in [-0.2, 0) is 11.8 Å². The molecule has 2 aromatic heterocycles. The maximum atomic E-state index is 4.26. The number of nitrogens with one attached hydrogen (secondary N) is 2. The van der Waals surface area contributed by atoms with Crippen LogP contribution < -0.4 is 0 Å². The third kappa shape index (κ3) is 1.23. The average molecular weight is 328 g/mol. The van der Waals surface area contributed by atoms with Crippen molar-refractivity contribution < 1.29 is 0 Å². The summed E-state index contributed by atoms with van der Waals surface area (Å²) in [5.74, 6) is 0. The van der Waals surface area contributed by atoms with Crippen LogP contribution in [-0.4, -0.2) is 15.2 Å². The van der Waals surface area contributed by atoms with Gasteiger partial charge in [-0.3, -0.25) is 5.10 Å². The molecule has 0 saturated heterocycles. The number of hydrogen-bond acceptors (Lipinski definition) is 1. The average Bonchev–Trinajstić information content (AvgIpc) is 2.98. The van der Waals surface area contributed by atoms with Crippen LogP contribution in [0.3, 0.4) is 0 Å². The van der Waals surface area contributed by atoms with E-state index >= 15 is 0 Å². The SMILES string of the molecule is Brc1ccc2[nH]c3c(c2c1)C1(CCC1)Cc1cn[nH]c1-3. The maximum absolute atomic E-state index is 4.26. The fourth-order valence-electron chi connectivity index (χ4n) is 4.05. The van der Waals surface area contributed by atoms with Crippen molar-refractivity contribution in [2.75, 3.05) is 0 Å². The second-order valence-electron chi connectivity index (χ2n) is 6.15. The van der Waals surface area contributed by atoms with Gasteiger partial charge in [-0.2, -0.15) is 5.10 Å². The second-order valence-corrected chi connectivity index (χ2v) is 7.06. The Kier molecular flexibility index (Phi) is 1.98. The highest BCUT2D eigenvalue weighted by molar-refractivity contribution is 9.10. The molecule has 1 aromatic carbocycles. The number of hydrogen-bond donors (Lipinski definition) is 2. The summed E-state index contributed by atoms with van der Waals surface area (Å²) < 4.78 is 1.15. The minimum absolute atomic E-state index is 0.339. The van der Waals surface area contributed by atoms with Crippen molar-refractivity contribution in [3.63, 3.8) is 0 Å². The number of benzene rings is 1. The molecule has 2 aliphatic carbocycles. The first-order chi connectivity index (χ1) is 9.77. The summed E-state index contributed by atoms with van der Waals surface area (Å²) in [5, 5.41) is 8.81. The molecule has 0 bridgehead atoms. The van der Waals surface area contributed by atoms with E-state index in [4.69, 9.17) is 0 Å². The van der Waals surface area contributed by atoms with Crippen LogP contribution in [0.15, 0.2) is 28.9 Å². The molecule has 4 heteroatoms. The van der Waals surface area contributed by atoms with E-state index in [1.807, 2.05) is 6.20 Å². The Morgan fingerprint density at radius 2 is 2.10 bits per heavy atom. The van der Waals surface area contributed by atoms with Gasteiger partial charge >= 0.3 is 0 Å². The largest absolute Gasteiger partial charge is 0.353 e. The molecule has 2 heterocycles. The van der Waals surface area contributed by atoms with Crippen molar-refractivity contribution in [3.8, 4) is 11.4 Å². The Morgan fingerprint density at radius 3 is 2.90 bits per heavy atom. The van der Waals surface area contributed by atoms with E-state index in [1.54, 1.807) is 0 Å². The van der Waals surface area contributed by atoms with Gasteiger partial charge < -0.3 is 4.98 Å². The summed E-state index contributed by atoms with van der Waals surface area (Å²) in [6.07, 6.45) is 7.06. The molecule has 3 aromatic rings. The van der Waals surface area contributed by atoms with Gasteiger partial charge in [-0.1, -0.05) is 22.4 Å². The molecule has 2 N–H and O–H groups in total. The van der Waals surface area contributed by atoms with Gasteiger partial charge in [0.2, 0.25) is 0 Å². The molecule has 3 nitrogen and oxygen atoms in total. The van der Waals surface area contributed by atoms with E-state index in [-0.39, 0.29) is 0 Å². The lowest BCUT2D eigenvalue weighted by atomic mass is 9.58. The standard InChI is InChI=1S/C16H14BrN3/c17-10-2-3-12-11(6-10)13-15(19-12)14-9(8-18-20-14)7-16(13)4-1-5-16/h2-3,6,8,19H,1,4-5,7H2,(H,18,20). The third-order valence-corrected chi connectivity index (χ3v) is 5.59. The summed E-state index contributed by atoms with van der Waals surface area (Å²) >= 11 is 3.61. The van der Waals surface area contributed by atoms with E-state index < -0.39 is 0 Å². The fourth-order valence-corrected chi connectivity index (χ4v) is 4.41. The van der Waals surface area contributed by atoms with Gasteiger partial charge in [0, 0.05) is 26.4 Å². The Balaban J connectivity index is 1.92. The highest BCUT2D eigenvalue weighted by atomic mass is 79.9. The van der Waals surface area contributed by atoms with Gasteiger partial charge in [0.05, 0.1) is 17.6 Å². The Labute approximate surface area is 124 Å². The first-order valence-corrected chi connectivity index (χ1v) is 7.90. The van der Waals surface area contributed by atoms with Gasteiger partial charge in [0.15, 0.2) is 0 Å². The lowest BCUT2D eigenvalue weighted by molar-refractivity contribution is 0.242. The summed E-state index contributed by atoms with van der Waals surface area (Å²) in [6, 6.07) is 6.53. The molecule has 0 unspecified atom stereocenters. The molecule has 0 aliphatic heterocycles. The van der Waals surface area contributed by atoms with Crippen LogP contribution in [0, 0.1) is 0 Å². The Morgan fingerprint density at radius 1 is 1.20 bits per heavy atom. The van der Waals surface area contributed by atoms with Gasteiger partial charge in [-0.05, 0) is 43.0 Å². The van der Waals surface area contributed by atoms with Crippen molar-refractivity contribution in [1.29, 1.82) is 0 Å². The Hall–Kier alpha value is -1.55. The predicted molar refractivity (Wildman–Crippen MR) is 82.8 cm³/mol. The van der Waals surface area contributed by atoms with Gasteiger partial charge in [0.25, 0.3) is 0 Å². The fraction of sp³-hybridized carbons (Fsp3) is 0.312. The molecule has 0 radical (unpaired) electrons. The van der Waals surface area contributed by atoms with E-state index in [0.29, 0.717) is 5.41 Å². The highest BCUT2D eigenvalue weighted by Crippen LogP contribution is 2.55. The van der Waals surface area contributed by atoms with E-state index in [0.717, 1.165) is 10.9 Å². The zero-order valence-corrected chi connectivity index (χ0v) is 12.5. The summed E-state index contributed by atoms with van der Waals surface area (Å²) in [4.78, 5) is 3.62. The van der Waals surface area contributed by atoms with Crippen molar-refractivity contribution in [3.05, 3.63) is 40.0 Å². The number of fused-ring (bicyclic) bond motifs is 6. The molecule has 100 valence electrons.